The quantitative estimate of drug-likeness (QED) is 0.810. The molecule has 0 spiro atoms. The molecule has 1 atom stereocenters. The normalized spacial score (nSPS) is 16.8. The number of rotatable bonds is 4. The molecular formula is C17H22N4O2. The molecule has 0 radical (unpaired) electrons. The van der Waals surface area contributed by atoms with Crippen molar-refractivity contribution in [1.29, 1.82) is 0 Å². The number of aromatic amines is 1. The Labute approximate surface area is 135 Å². The van der Waals surface area contributed by atoms with Crippen LogP contribution in [0.4, 0.5) is 11.5 Å². The minimum atomic E-state index is -0.178. The molecule has 23 heavy (non-hydrogen) atoms. The van der Waals surface area contributed by atoms with E-state index in [-0.39, 0.29) is 17.6 Å². The van der Waals surface area contributed by atoms with Crippen molar-refractivity contribution in [1.82, 2.24) is 10.2 Å². The fourth-order valence-electron chi connectivity index (χ4n) is 3.31. The molecule has 1 aliphatic heterocycles. The summed E-state index contributed by atoms with van der Waals surface area (Å²) >= 11 is 0. The zero-order valence-electron chi connectivity index (χ0n) is 13.7. The third-order valence-electron chi connectivity index (χ3n) is 4.51. The minimum Gasteiger partial charge on any atom is -0.508 e. The van der Waals surface area contributed by atoms with E-state index in [4.69, 9.17) is 0 Å². The summed E-state index contributed by atoms with van der Waals surface area (Å²) in [6.07, 6.45) is 0.311. The number of nitrogens with zero attached hydrogens (tertiary/aromatic N) is 2. The number of H-pyrrole nitrogens is 1. The van der Waals surface area contributed by atoms with Crippen LogP contribution in [0.25, 0.3) is 0 Å². The second kappa shape index (κ2) is 5.95. The number of phenolic OH excluding ortho intramolecular Hbond substituents is 1. The van der Waals surface area contributed by atoms with Crippen LogP contribution in [-0.2, 0) is 4.79 Å². The standard InChI is InChI=1S/C17H22N4O2/c1-4-21(5-2)11-6-7-12(14(22)8-11)13-9-15(23)18-17-16(13)10(3)19-20-17/h6-8,13,22H,4-5,9H2,1-3H3,(H2,18,19,20,23). The molecule has 0 saturated heterocycles. The van der Waals surface area contributed by atoms with E-state index >= 15 is 0 Å². The van der Waals surface area contributed by atoms with Gasteiger partial charge in [0, 0.05) is 54.0 Å². The van der Waals surface area contributed by atoms with Gasteiger partial charge in [-0.25, -0.2) is 0 Å². The molecule has 3 N–H and O–H groups in total. The number of benzene rings is 1. The van der Waals surface area contributed by atoms with Crippen LogP contribution in [0.15, 0.2) is 18.2 Å². The lowest BCUT2D eigenvalue weighted by atomic mass is 9.85. The van der Waals surface area contributed by atoms with Crippen LogP contribution in [0.1, 0.15) is 43.0 Å². The van der Waals surface area contributed by atoms with Gasteiger partial charge in [-0.2, -0.15) is 5.10 Å². The molecule has 2 heterocycles. The maximum Gasteiger partial charge on any atom is 0.226 e. The molecule has 1 aromatic carbocycles. The van der Waals surface area contributed by atoms with Gasteiger partial charge in [-0.05, 0) is 26.8 Å². The summed E-state index contributed by atoms with van der Waals surface area (Å²) in [5, 5.41) is 20.4. The van der Waals surface area contributed by atoms with E-state index < -0.39 is 0 Å². The summed E-state index contributed by atoms with van der Waals surface area (Å²) in [5.41, 5.74) is 3.62. The minimum absolute atomic E-state index is 0.0822. The third kappa shape index (κ3) is 2.65. The van der Waals surface area contributed by atoms with Crippen LogP contribution >= 0.6 is 0 Å². The molecular weight excluding hydrogens is 292 g/mol. The molecule has 1 unspecified atom stereocenters. The highest BCUT2D eigenvalue weighted by molar-refractivity contribution is 5.94. The Hall–Kier alpha value is -2.50. The average Bonchev–Trinajstić information content (AvgIpc) is 2.89. The monoisotopic (exact) mass is 314 g/mol. The smallest absolute Gasteiger partial charge is 0.226 e. The topological polar surface area (TPSA) is 81.2 Å². The predicted octanol–water partition coefficient (Wildman–Crippen LogP) is 2.74. The van der Waals surface area contributed by atoms with Gasteiger partial charge in [-0.1, -0.05) is 6.07 Å². The number of nitrogens with one attached hydrogen (secondary N) is 2. The molecule has 6 nitrogen and oxygen atoms in total. The fourth-order valence-corrected chi connectivity index (χ4v) is 3.31. The predicted molar refractivity (Wildman–Crippen MR) is 90.1 cm³/mol. The number of aryl methyl sites for hydroxylation is 1. The molecule has 0 bridgehead atoms. The number of aromatic hydroxyl groups is 1. The Bertz CT molecular complexity index is 734. The van der Waals surface area contributed by atoms with Gasteiger partial charge >= 0.3 is 0 Å². The van der Waals surface area contributed by atoms with Gasteiger partial charge in [0.2, 0.25) is 5.91 Å². The first-order chi connectivity index (χ1) is 11.0. The van der Waals surface area contributed by atoms with Crippen molar-refractivity contribution in [2.75, 3.05) is 23.3 Å². The first kappa shape index (κ1) is 15.4. The Kier molecular flexibility index (Phi) is 3.98. The SMILES string of the molecule is CCN(CC)c1ccc(C2CC(=O)Nc3n[nH]c(C)c32)c(O)c1. The third-order valence-corrected chi connectivity index (χ3v) is 4.51. The van der Waals surface area contributed by atoms with Gasteiger partial charge in [0.05, 0.1) is 0 Å². The number of fused-ring (bicyclic) bond motifs is 1. The highest BCUT2D eigenvalue weighted by Crippen LogP contribution is 2.42. The van der Waals surface area contributed by atoms with E-state index in [9.17, 15) is 9.90 Å². The zero-order valence-corrected chi connectivity index (χ0v) is 13.7. The Morgan fingerprint density at radius 2 is 2.09 bits per heavy atom. The zero-order chi connectivity index (χ0) is 16.6. The average molecular weight is 314 g/mol. The van der Waals surface area contributed by atoms with Crippen LogP contribution in [0.2, 0.25) is 0 Å². The number of phenols is 1. The molecule has 1 aromatic heterocycles. The number of hydrogen-bond donors (Lipinski definition) is 3. The van der Waals surface area contributed by atoms with Crippen molar-refractivity contribution in [2.24, 2.45) is 0 Å². The lowest BCUT2D eigenvalue weighted by Gasteiger charge is -2.26. The van der Waals surface area contributed by atoms with Crippen LogP contribution in [0, 0.1) is 6.92 Å². The number of hydrogen-bond acceptors (Lipinski definition) is 4. The fraction of sp³-hybridized carbons (Fsp3) is 0.412. The van der Waals surface area contributed by atoms with Crippen molar-refractivity contribution in [3.8, 4) is 5.75 Å². The molecule has 2 aromatic rings. The van der Waals surface area contributed by atoms with E-state index in [1.807, 2.05) is 19.1 Å². The van der Waals surface area contributed by atoms with Crippen LogP contribution in [0.3, 0.4) is 0 Å². The highest BCUT2D eigenvalue weighted by Gasteiger charge is 2.32. The Balaban J connectivity index is 2.02. The van der Waals surface area contributed by atoms with E-state index in [1.165, 1.54) is 0 Å². The Morgan fingerprint density at radius 1 is 1.35 bits per heavy atom. The number of aromatic nitrogens is 2. The summed E-state index contributed by atoms with van der Waals surface area (Å²) in [5.74, 6) is 0.529. The van der Waals surface area contributed by atoms with Crippen LogP contribution in [-0.4, -0.2) is 34.3 Å². The number of amides is 1. The van der Waals surface area contributed by atoms with Crippen molar-refractivity contribution >= 4 is 17.4 Å². The second-order valence-electron chi connectivity index (χ2n) is 5.83. The lowest BCUT2D eigenvalue weighted by Crippen LogP contribution is -2.24. The molecule has 122 valence electrons. The van der Waals surface area contributed by atoms with Crippen LogP contribution < -0.4 is 10.2 Å². The van der Waals surface area contributed by atoms with Gasteiger partial charge in [-0.15, -0.1) is 0 Å². The summed E-state index contributed by atoms with van der Waals surface area (Å²) in [6, 6.07) is 5.70. The highest BCUT2D eigenvalue weighted by atomic mass is 16.3. The van der Waals surface area contributed by atoms with E-state index in [2.05, 4.69) is 34.3 Å². The molecule has 0 saturated carbocycles. The van der Waals surface area contributed by atoms with E-state index in [0.717, 1.165) is 35.6 Å². The summed E-state index contributed by atoms with van der Waals surface area (Å²) < 4.78 is 0. The number of carbonyl (C=O) groups is 1. The van der Waals surface area contributed by atoms with Gasteiger partial charge < -0.3 is 15.3 Å². The molecule has 1 aliphatic rings. The molecule has 1 amide bonds. The maximum atomic E-state index is 11.9. The Morgan fingerprint density at radius 3 is 2.74 bits per heavy atom. The van der Waals surface area contributed by atoms with Gasteiger partial charge in [0.1, 0.15) is 5.75 Å². The van der Waals surface area contributed by atoms with Gasteiger partial charge in [0.25, 0.3) is 0 Å². The second-order valence-corrected chi connectivity index (χ2v) is 5.83. The van der Waals surface area contributed by atoms with Crippen molar-refractivity contribution in [2.45, 2.75) is 33.1 Å². The maximum absolute atomic E-state index is 11.9. The number of anilines is 2. The van der Waals surface area contributed by atoms with Crippen LogP contribution in [0.5, 0.6) is 5.75 Å². The van der Waals surface area contributed by atoms with E-state index in [1.54, 1.807) is 6.07 Å². The molecule has 6 heteroatoms. The summed E-state index contributed by atoms with van der Waals surface area (Å²) in [6.45, 7) is 7.86. The summed E-state index contributed by atoms with van der Waals surface area (Å²) in [4.78, 5) is 14.1. The lowest BCUT2D eigenvalue weighted by molar-refractivity contribution is -0.116. The van der Waals surface area contributed by atoms with Crippen molar-refractivity contribution < 1.29 is 9.90 Å². The molecule has 0 aliphatic carbocycles. The largest absolute Gasteiger partial charge is 0.508 e. The summed E-state index contributed by atoms with van der Waals surface area (Å²) in [7, 11) is 0. The van der Waals surface area contributed by atoms with Gasteiger partial charge in [-0.3, -0.25) is 9.89 Å². The molecule has 3 rings (SSSR count). The van der Waals surface area contributed by atoms with Crippen molar-refractivity contribution in [3.05, 3.63) is 35.0 Å². The van der Waals surface area contributed by atoms with Crippen molar-refractivity contribution in [3.63, 3.8) is 0 Å². The van der Waals surface area contributed by atoms with Gasteiger partial charge in [0.15, 0.2) is 5.82 Å². The first-order valence-electron chi connectivity index (χ1n) is 7.97. The first-order valence-corrected chi connectivity index (χ1v) is 7.97. The molecule has 0 fully saturated rings. The van der Waals surface area contributed by atoms with E-state index in [0.29, 0.717) is 12.2 Å². The number of carbonyl (C=O) groups excluding carboxylic acids is 1.